The first-order valence-electron chi connectivity index (χ1n) is 8.99. The minimum absolute atomic E-state index is 0.0540. The standard InChI is InChI=1S/C22H19FN2O2S/c1-3-25-21(26)17-11-15-6-4-5-7-16(15)12-19(17)24-22(25)28-13-14-8-9-20(27-2)18(23)10-14/h4-12H,3,13H2,1-2H3. The molecule has 6 heteroatoms. The van der Waals surface area contributed by atoms with Crippen molar-refractivity contribution in [3.63, 3.8) is 0 Å². The summed E-state index contributed by atoms with van der Waals surface area (Å²) in [5.41, 5.74) is 1.43. The molecule has 0 unspecified atom stereocenters. The molecule has 1 aromatic heterocycles. The third kappa shape index (κ3) is 3.36. The number of hydrogen-bond donors (Lipinski definition) is 0. The summed E-state index contributed by atoms with van der Waals surface area (Å²) in [5, 5.41) is 3.31. The van der Waals surface area contributed by atoms with E-state index in [4.69, 9.17) is 9.72 Å². The van der Waals surface area contributed by atoms with Gasteiger partial charge >= 0.3 is 0 Å². The number of hydrogen-bond acceptors (Lipinski definition) is 4. The van der Waals surface area contributed by atoms with Gasteiger partial charge in [0.2, 0.25) is 0 Å². The van der Waals surface area contributed by atoms with Crippen LogP contribution in [-0.2, 0) is 12.3 Å². The van der Waals surface area contributed by atoms with Crippen LogP contribution in [0.4, 0.5) is 4.39 Å². The largest absolute Gasteiger partial charge is 0.494 e. The Hall–Kier alpha value is -2.86. The number of fused-ring (bicyclic) bond motifs is 2. The number of rotatable bonds is 5. The van der Waals surface area contributed by atoms with E-state index in [-0.39, 0.29) is 11.3 Å². The molecular formula is C22H19FN2O2S. The summed E-state index contributed by atoms with van der Waals surface area (Å²) in [6, 6.07) is 16.7. The Morgan fingerprint density at radius 3 is 2.54 bits per heavy atom. The first-order chi connectivity index (χ1) is 13.6. The summed E-state index contributed by atoms with van der Waals surface area (Å²) in [6.07, 6.45) is 0. The lowest BCUT2D eigenvalue weighted by atomic mass is 10.1. The van der Waals surface area contributed by atoms with Gasteiger partial charge in [-0.25, -0.2) is 9.37 Å². The van der Waals surface area contributed by atoms with Gasteiger partial charge in [-0.05, 0) is 47.5 Å². The van der Waals surface area contributed by atoms with Crippen LogP contribution in [0.15, 0.2) is 64.5 Å². The second kappa shape index (κ2) is 7.64. The van der Waals surface area contributed by atoms with Crippen LogP contribution < -0.4 is 10.3 Å². The summed E-state index contributed by atoms with van der Waals surface area (Å²) >= 11 is 1.43. The zero-order valence-electron chi connectivity index (χ0n) is 15.6. The summed E-state index contributed by atoms with van der Waals surface area (Å²) in [7, 11) is 1.44. The van der Waals surface area contributed by atoms with Crippen molar-refractivity contribution < 1.29 is 9.13 Å². The molecule has 0 aliphatic rings. The molecule has 0 spiro atoms. The highest BCUT2D eigenvalue weighted by atomic mass is 32.2. The lowest BCUT2D eigenvalue weighted by Crippen LogP contribution is -2.22. The fourth-order valence-electron chi connectivity index (χ4n) is 3.22. The monoisotopic (exact) mass is 394 g/mol. The number of thioether (sulfide) groups is 1. The fourth-order valence-corrected chi connectivity index (χ4v) is 4.23. The predicted molar refractivity (Wildman–Crippen MR) is 112 cm³/mol. The van der Waals surface area contributed by atoms with Crippen molar-refractivity contribution in [3.8, 4) is 5.75 Å². The molecule has 0 fully saturated rings. The minimum atomic E-state index is -0.397. The lowest BCUT2D eigenvalue weighted by Gasteiger charge is -2.12. The van der Waals surface area contributed by atoms with Crippen LogP contribution in [0.3, 0.4) is 0 Å². The average Bonchev–Trinajstić information content (AvgIpc) is 2.71. The van der Waals surface area contributed by atoms with Crippen LogP contribution in [0.25, 0.3) is 21.7 Å². The molecule has 28 heavy (non-hydrogen) atoms. The Kier molecular flexibility index (Phi) is 5.05. The van der Waals surface area contributed by atoms with E-state index >= 15 is 0 Å². The molecular weight excluding hydrogens is 375 g/mol. The molecule has 0 bridgehead atoms. The molecule has 4 nitrogen and oxygen atoms in total. The second-order valence-corrected chi connectivity index (χ2v) is 7.36. The molecule has 4 aromatic rings. The second-order valence-electron chi connectivity index (χ2n) is 6.42. The summed E-state index contributed by atoms with van der Waals surface area (Å²) in [6.45, 7) is 2.45. The number of benzene rings is 3. The number of ether oxygens (including phenoxy) is 1. The molecule has 0 aliphatic carbocycles. The third-order valence-corrected chi connectivity index (χ3v) is 5.73. The quantitative estimate of drug-likeness (QED) is 0.271. The fraction of sp³-hybridized carbons (Fsp3) is 0.182. The Morgan fingerprint density at radius 2 is 1.86 bits per heavy atom. The highest BCUT2D eigenvalue weighted by Crippen LogP contribution is 2.26. The highest BCUT2D eigenvalue weighted by Gasteiger charge is 2.12. The Labute approximate surface area is 166 Å². The molecule has 0 radical (unpaired) electrons. The summed E-state index contributed by atoms with van der Waals surface area (Å²) in [5.74, 6) is 0.327. The Morgan fingerprint density at radius 1 is 1.11 bits per heavy atom. The van der Waals surface area contributed by atoms with E-state index in [0.29, 0.717) is 28.4 Å². The molecule has 0 saturated heterocycles. The molecule has 0 atom stereocenters. The van der Waals surface area contributed by atoms with Gasteiger partial charge < -0.3 is 4.74 Å². The number of methoxy groups -OCH3 is 1. The topological polar surface area (TPSA) is 44.1 Å². The van der Waals surface area contributed by atoms with E-state index in [1.807, 2.05) is 49.4 Å². The minimum Gasteiger partial charge on any atom is -0.494 e. The SMILES string of the molecule is CCn1c(SCc2ccc(OC)c(F)c2)nc2cc3ccccc3cc2c1=O. The maximum absolute atomic E-state index is 13.9. The zero-order valence-corrected chi connectivity index (χ0v) is 16.4. The third-order valence-electron chi connectivity index (χ3n) is 4.69. The van der Waals surface area contributed by atoms with Crippen LogP contribution in [0.1, 0.15) is 12.5 Å². The van der Waals surface area contributed by atoms with Crippen molar-refractivity contribution in [1.82, 2.24) is 9.55 Å². The van der Waals surface area contributed by atoms with Gasteiger partial charge in [0, 0.05) is 12.3 Å². The number of halogens is 1. The summed E-state index contributed by atoms with van der Waals surface area (Å²) in [4.78, 5) is 17.7. The molecule has 0 aliphatic heterocycles. The van der Waals surface area contributed by atoms with Gasteiger partial charge in [-0.1, -0.05) is 42.1 Å². The van der Waals surface area contributed by atoms with Crippen LogP contribution in [-0.4, -0.2) is 16.7 Å². The van der Waals surface area contributed by atoms with Crippen molar-refractivity contribution in [1.29, 1.82) is 0 Å². The van der Waals surface area contributed by atoms with Crippen LogP contribution in [0.2, 0.25) is 0 Å². The lowest BCUT2D eigenvalue weighted by molar-refractivity contribution is 0.386. The highest BCUT2D eigenvalue weighted by molar-refractivity contribution is 7.98. The Bertz CT molecular complexity index is 1240. The molecule has 3 aromatic carbocycles. The van der Waals surface area contributed by atoms with E-state index in [0.717, 1.165) is 16.3 Å². The van der Waals surface area contributed by atoms with E-state index in [1.54, 1.807) is 10.6 Å². The van der Waals surface area contributed by atoms with Crippen molar-refractivity contribution in [2.45, 2.75) is 24.4 Å². The average molecular weight is 394 g/mol. The number of aromatic nitrogens is 2. The van der Waals surface area contributed by atoms with E-state index in [9.17, 15) is 9.18 Å². The van der Waals surface area contributed by atoms with Crippen LogP contribution in [0.5, 0.6) is 5.75 Å². The smallest absolute Gasteiger partial charge is 0.262 e. The maximum Gasteiger partial charge on any atom is 0.262 e. The molecule has 1 heterocycles. The maximum atomic E-state index is 13.9. The normalized spacial score (nSPS) is 11.2. The van der Waals surface area contributed by atoms with Crippen LogP contribution in [0, 0.1) is 5.82 Å². The van der Waals surface area contributed by atoms with Gasteiger partial charge in [-0.2, -0.15) is 0 Å². The van der Waals surface area contributed by atoms with E-state index < -0.39 is 5.82 Å². The van der Waals surface area contributed by atoms with Crippen molar-refractivity contribution in [3.05, 3.63) is 76.3 Å². The van der Waals surface area contributed by atoms with Gasteiger partial charge in [0.1, 0.15) is 0 Å². The zero-order chi connectivity index (χ0) is 19.7. The molecule has 142 valence electrons. The van der Waals surface area contributed by atoms with Crippen molar-refractivity contribution in [2.24, 2.45) is 0 Å². The van der Waals surface area contributed by atoms with Gasteiger partial charge in [-0.3, -0.25) is 9.36 Å². The molecule has 0 saturated carbocycles. The molecule has 0 amide bonds. The first kappa shape index (κ1) is 18.5. The predicted octanol–water partition coefficient (Wildman–Crippen LogP) is 5.01. The number of nitrogens with zero attached hydrogens (tertiary/aromatic N) is 2. The first-order valence-corrected chi connectivity index (χ1v) is 9.98. The van der Waals surface area contributed by atoms with Crippen LogP contribution >= 0.6 is 11.8 Å². The molecule has 4 rings (SSSR count). The van der Waals surface area contributed by atoms with Crippen molar-refractivity contribution >= 4 is 33.4 Å². The van der Waals surface area contributed by atoms with Gasteiger partial charge in [-0.15, -0.1) is 0 Å². The van der Waals surface area contributed by atoms with Gasteiger partial charge in [0.05, 0.1) is 18.0 Å². The van der Waals surface area contributed by atoms with Gasteiger partial charge in [0.15, 0.2) is 16.7 Å². The molecule has 0 N–H and O–H groups in total. The Balaban J connectivity index is 1.74. The van der Waals surface area contributed by atoms with Gasteiger partial charge in [0.25, 0.3) is 5.56 Å². The van der Waals surface area contributed by atoms with E-state index in [2.05, 4.69) is 0 Å². The summed E-state index contributed by atoms with van der Waals surface area (Å²) < 4.78 is 20.6. The van der Waals surface area contributed by atoms with Crippen molar-refractivity contribution in [2.75, 3.05) is 7.11 Å². The van der Waals surface area contributed by atoms with E-state index in [1.165, 1.54) is 24.9 Å².